The van der Waals surface area contributed by atoms with E-state index in [-0.39, 0.29) is 11.6 Å². The molecule has 2 amide bonds. The Labute approximate surface area is 181 Å². The average Bonchev–Trinajstić information content (AvgIpc) is 2.74. The first-order valence-corrected chi connectivity index (χ1v) is 9.72. The molecule has 30 heavy (non-hydrogen) atoms. The zero-order chi connectivity index (χ0) is 21.5. The Kier molecular flexibility index (Phi) is 6.88. The molecule has 152 valence electrons. The van der Waals surface area contributed by atoms with Gasteiger partial charge in [0.2, 0.25) is 0 Å². The first-order valence-electron chi connectivity index (χ1n) is 9.35. The van der Waals surface area contributed by atoms with Crippen LogP contribution in [0.15, 0.2) is 84.6 Å². The second kappa shape index (κ2) is 9.76. The van der Waals surface area contributed by atoms with Crippen molar-refractivity contribution < 1.29 is 9.59 Å². The fraction of sp³-hybridized carbons (Fsp3) is 0.0833. The number of nitrogens with zero attached hydrogens (tertiary/aromatic N) is 1. The molecule has 3 aromatic carbocycles. The molecule has 2 N–H and O–H groups in total. The van der Waals surface area contributed by atoms with Crippen LogP contribution in [0.4, 0.5) is 11.4 Å². The minimum absolute atomic E-state index is 0.126. The van der Waals surface area contributed by atoms with E-state index in [0.29, 0.717) is 16.3 Å². The molecule has 0 fully saturated rings. The summed E-state index contributed by atoms with van der Waals surface area (Å²) < 4.78 is 0. The summed E-state index contributed by atoms with van der Waals surface area (Å²) >= 11 is 6.00. The van der Waals surface area contributed by atoms with Crippen molar-refractivity contribution in [3.05, 3.63) is 101 Å². The lowest BCUT2D eigenvalue weighted by molar-refractivity contribution is -0.113. The summed E-state index contributed by atoms with van der Waals surface area (Å²) in [6.07, 6.45) is 1.64. The first-order chi connectivity index (χ1) is 14.4. The van der Waals surface area contributed by atoms with Gasteiger partial charge in [-0.3, -0.25) is 9.59 Å². The third-order valence-electron chi connectivity index (χ3n) is 4.33. The lowest BCUT2D eigenvalue weighted by Gasteiger charge is -2.13. The summed E-state index contributed by atoms with van der Waals surface area (Å²) in [5.41, 5.74) is 2.94. The van der Waals surface area contributed by atoms with Gasteiger partial charge in [0.05, 0.1) is 0 Å². The normalized spacial score (nSPS) is 11.0. The molecular formula is C24H22ClN3O2. The van der Waals surface area contributed by atoms with Crippen molar-refractivity contribution in [3.63, 3.8) is 0 Å². The highest BCUT2D eigenvalue weighted by Gasteiger charge is 2.15. The van der Waals surface area contributed by atoms with Gasteiger partial charge in [0.1, 0.15) is 5.70 Å². The van der Waals surface area contributed by atoms with Gasteiger partial charge in [0.25, 0.3) is 11.8 Å². The quantitative estimate of drug-likeness (QED) is 0.563. The maximum absolute atomic E-state index is 12.9. The smallest absolute Gasteiger partial charge is 0.272 e. The van der Waals surface area contributed by atoms with Crippen LogP contribution in [0.25, 0.3) is 6.08 Å². The van der Waals surface area contributed by atoms with Crippen LogP contribution < -0.4 is 15.5 Å². The standard InChI is InChI=1S/C24H22ClN3O2/c1-28(2)21-13-11-17(12-14-21)15-22(27-23(29)18-7-4-3-5-8-18)24(30)26-20-10-6-9-19(25)16-20/h3-16H,1-2H3,(H,26,30)(H,27,29). The van der Waals surface area contributed by atoms with Crippen LogP contribution in [0.1, 0.15) is 15.9 Å². The summed E-state index contributed by atoms with van der Waals surface area (Å²) in [6, 6.07) is 23.2. The van der Waals surface area contributed by atoms with Crippen LogP contribution in [-0.4, -0.2) is 25.9 Å². The molecule has 0 radical (unpaired) electrons. The number of carbonyl (C=O) groups is 2. The Morgan fingerprint density at radius 3 is 2.23 bits per heavy atom. The lowest BCUT2D eigenvalue weighted by Crippen LogP contribution is -2.30. The molecule has 0 aliphatic carbocycles. The zero-order valence-corrected chi connectivity index (χ0v) is 17.5. The summed E-state index contributed by atoms with van der Waals surface area (Å²) in [6.45, 7) is 0. The number of nitrogens with one attached hydrogen (secondary N) is 2. The van der Waals surface area contributed by atoms with Crippen molar-refractivity contribution in [3.8, 4) is 0 Å². The largest absolute Gasteiger partial charge is 0.378 e. The topological polar surface area (TPSA) is 61.4 Å². The van der Waals surface area contributed by atoms with Gasteiger partial charge in [-0.25, -0.2) is 0 Å². The fourth-order valence-electron chi connectivity index (χ4n) is 2.74. The minimum atomic E-state index is -0.446. The van der Waals surface area contributed by atoms with E-state index in [1.165, 1.54) is 0 Å². The number of hydrogen-bond donors (Lipinski definition) is 2. The van der Waals surface area contributed by atoms with Crippen LogP contribution in [-0.2, 0) is 4.79 Å². The predicted molar refractivity (Wildman–Crippen MR) is 123 cm³/mol. The van der Waals surface area contributed by atoms with Crippen LogP contribution in [0, 0.1) is 0 Å². The highest BCUT2D eigenvalue weighted by Crippen LogP contribution is 2.17. The van der Waals surface area contributed by atoms with E-state index in [2.05, 4.69) is 10.6 Å². The predicted octanol–water partition coefficient (Wildman–Crippen LogP) is 4.82. The van der Waals surface area contributed by atoms with Crippen molar-refractivity contribution >= 4 is 40.9 Å². The van der Waals surface area contributed by atoms with E-state index in [9.17, 15) is 9.59 Å². The third-order valence-corrected chi connectivity index (χ3v) is 4.57. The molecular weight excluding hydrogens is 398 g/mol. The number of halogens is 1. The van der Waals surface area contributed by atoms with Crippen molar-refractivity contribution in [2.75, 3.05) is 24.3 Å². The molecule has 0 saturated carbocycles. The molecule has 6 heteroatoms. The van der Waals surface area contributed by atoms with Gasteiger partial charge in [-0.05, 0) is 54.1 Å². The molecule has 0 atom stereocenters. The molecule has 0 spiro atoms. The second-order valence-electron chi connectivity index (χ2n) is 6.83. The maximum Gasteiger partial charge on any atom is 0.272 e. The van der Waals surface area contributed by atoms with Gasteiger partial charge in [0.15, 0.2) is 0 Å². The maximum atomic E-state index is 12.9. The Morgan fingerprint density at radius 2 is 1.60 bits per heavy atom. The van der Waals surface area contributed by atoms with Gasteiger partial charge in [-0.1, -0.05) is 48.0 Å². The number of hydrogen-bond acceptors (Lipinski definition) is 3. The average molecular weight is 420 g/mol. The van der Waals surface area contributed by atoms with Crippen molar-refractivity contribution in [1.82, 2.24) is 5.32 Å². The molecule has 3 aromatic rings. The van der Waals surface area contributed by atoms with Crippen LogP contribution in [0.2, 0.25) is 5.02 Å². The zero-order valence-electron chi connectivity index (χ0n) is 16.7. The van der Waals surface area contributed by atoms with E-state index in [1.807, 2.05) is 49.3 Å². The number of carbonyl (C=O) groups excluding carboxylic acids is 2. The molecule has 0 heterocycles. The highest BCUT2D eigenvalue weighted by molar-refractivity contribution is 6.31. The second-order valence-corrected chi connectivity index (χ2v) is 7.27. The molecule has 5 nitrogen and oxygen atoms in total. The molecule has 0 unspecified atom stereocenters. The van der Waals surface area contributed by atoms with Gasteiger partial charge in [-0.15, -0.1) is 0 Å². The Morgan fingerprint density at radius 1 is 0.900 bits per heavy atom. The fourth-order valence-corrected chi connectivity index (χ4v) is 2.93. The number of rotatable bonds is 6. The van der Waals surface area contributed by atoms with Crippen LogP contribution in [0.3, 0.4) is 0 Å². The van der Waals surface area contributed by atoms with Gasteiger partial charge in [0, 0.05) is 36.1 Å². The van der Waals surface area contributed by atoms with E-state index >= 15 is 0 Å². The molecule has 0 bridgehead atoms. The van der Waals surface area contributed by atoms with Crippen molar-refractivity contribution in [1.29, 1.82) is 0 Å². The Balaban J connectivity index is 1.88. The number of benzene rings is 3. The molecule has 3 rings (SSSR count). The molecule has 0 aliphatic rings. The Hall–Kier alpha value is -3.57. The molecule has 0 saturated heterocycles. The van der Waals surface area contributed by atoms with Gasteiger partial charge < -0.3 is 15.5 Å². The number of anilines is 2. The number of amides is 2. The molecule has 0 aromatic heterocycles. The summed E-state index contributed by atoms with van der Waals surface area (Å²) in [7, 11) is 3.91. The monoisotopic (exact) mass is 419 g/mol. The highest BCUT2D eigenvalue weighted by atomic mass is 35.5. The summed E-state index contributed by atoms with van der Waals surface area (Å²) in [4.78, 5) is 27.5. The summed E-state index contributed by atoms with van der Waals surface area (Å²) in [5, 5.41) is 6.00. The van der Waals surface area contributed by atoms with E-state index < -0.39 is 5.91 Å². The molecule has 0 aliphatic heterocycles. The van der Waals surface area contributed by atoms with E-state index in [4.69, 9.17) is 11.6 Å². The van der Waals surface area contributed by atoms with E-state index in [0.717, 1.165) is 11.3 Å². The van der Waals surface area contributed by atoms with Crippen molar-refractivity contribution in [2.24, 2.45) is 0 Å². The van der Waals surface area contributed by atoms with Crippen molar-refractivity contribution in [2.45, 2.75) is 0 Å². The lowest BCUT2D eigenvalue weighted by atomic mass is 10.1. The first kappa shape index (κ1) is 21.1. The van der Waals surface area contributed by atoms with Gasteiger partial charge in [-0.2, -0.15) is 0 Å². The van der Waals surface area contributed by atoms with Crippen LogP contribution in [0.5, 0.6) is 0 Å². The third kappa shape index (κ3) is 5.72. The minimum Gasteiger partial charge on any atom is -0.378 e. The SMILES string of the molecule is CN(C)c1ccc(C=C(NC(=O)c2ccccc2)C(=O)Nc2cccc(Cl)c2)cc1. The van der Waals surface area contributed by atoms with Crippen LogP contribution >= 0.6 is 11.6 Å². The van der Waals surface area contributed by atoms with E-state index in [1.54, 1.807) is 54.6 Å². The van der Waals surface area contributed by atoms with Gasteiger partial charge >= 0.3 is 0 Å². The Bertz CT molecular complexity index is 1060. The summed E-state index contributed by atoms with van der Waals surface area (Å²) in [5.74, 6) is -0.814.